The highest BCUT2D eigenvalue weighted by Gasteiger charge is 2.32. The van der Waals surface area contributed by atoms with Gasteiger partial charge in [-0.2, -0.15) is 13.2 Å². The van der Waals surface area contributed by atoms with Gasteiger partial charge < -0.3 is 0 Å². The van der Waals surface area contributed by atoms with E-state index >= 15 is 0 Å². The molecule has 0 aliphatic carbocycles. The standard InChI is InChI=1S/C14H13F3N2/c1-9(2)11-7-6-10(8-18-11)12-4-3-5-13(19-12)14(15,16)17/h3-9H,1-2H3. The van der Waals surface area contributed by atoms with Gasteiger partial charge in [-0.1, -0.05) is 19.9 Å². The van der Waals surface area contributed by atoms with E-state index in [0.717, 1.165) is 11.8 Å². The number of nitrogens with zero attached hydrogens (tertiary/aromatic N) is 2. The van der Waals surface area contributed by atoms with E-state index in [1.807, 2.05) is 19.9 Å². The van der Waals surface area contributed by atoms with Crippen molar-refractivity contribution in [3.8, 4) is 11.3 Å². The van der Waals surface area contributed by atoms with E-state index in [2.05, 4.69) is 9.97 Å². The molecule has 2 nitrogen and oxygen atoms in total. The third-order valence-electron chi connectivity index (χ3n) is 2.71. The Bertz CT molecular complexity index is 560. The van der Waals surface area contributed by atoms with Gasteiger partial charge in [-0.3, -0.25) is 4.98 Å². The number of aromatic nitrogens is 2. The van der Waals surface area contributed by atoms with Crippen LogP contribution in [0.2, 0.25) is 0 Å². The van der Waals surface area contributed by atoms with Gasteiger partial charge in [0.05, 0.1) is 5.69 Å². The minimum absolute atomic E-state index is 0.276. The van der Waals surface area contributed by atoms with Crippen molar-refractivity contribution < 1.29 is 13.2 Å². The Balaban J connectivity index is 2.37. The summed E-state index contributed by atoms with van der Waals surface area (Å²) >= 11 is 0. The average Bonchev–Trinajstić information content (AvgIpc) is 2.38. The summed E-state index contributed by atoms with van der Waals surface area (Å²) in [6.07, 6.45) is -2.88. The minimum atomic E-state index is -4.43. The lowest BCUT2D eigenvalue weighted by Gasteiger charge is -2.08. The molecule has 0 aliphatic heterocycles. The van der Waals surface area contributed by atoms with Crippen molar-refractivity contribution in [1.29, 1.82) is 0 Å². The summed E-state index contributed by atoms with van der Waals surface area (Å²) in [5.74, 6) is 0.281. The van der Waals surface area contributed by atoms with Crippen molar-refractivity contribution >= 4 is 0 Å². The zero-order valence-electron chi connectivity index (χ0n) is 10.6. The number of hydrogen-bond donors (Lipinski definition) is 0. The molecule has 2 rings (SSSR count). The quantitative estimate of drug-likeness (QED) is 0.810. The van der Waals surface area contributed by atoms with Gasteiger partial charge in [0, 0.05) is 17.5 Å². The number of halogens is 3. The fourth-order valence-electron chi connectivity index (χ4n) is 1.65. The molecule has 2 heterocycles. The molecule has 5 heteroatoms. The molecule has 0 N–H and O–H groups in total. The van der Waals surface area contributed by atoms with Gasteiger partial charge in [0.2, 0.25) is 0 Å². The summed E-state index contributed by atoms with van der Waals surface area (Å²) in [5, 5.41) is 0. The Morgan fingerprint density at radius 3 is 2.32 bits per heavy atom. The number of alkyl halides is 3. The van der Waals surface area contributed by atoms with Crippen LogP contribution >= 0.6 is 0 Å². The molecule has 0 fully saturated rings. The predicted molar refractivity (Wildman–Crippen MR) is 66.6 cm³/mol. The van der Waals surface area contributed by atoms with Crippen LogP contribution in [0.5, 0.6) is 0 Å². The van der Waals surface area contributed by atoms with Crippen LogP contribution in [-0.2, 0) is 6.18 Å². The molecule has 0 saturated carbocycles. The second kappa shape index (κ2) is 4.99. The van der Waals surface area contributed by atoms with Crippen molar-refractivity contribution in [2.45, 2.75) is 25.9 Å². The highest BCUT2D eigenvalue weighted by atomic mass is 19.4. The largest absolute Gasteiger partial charge is 0.433 e. The Hall–Kier alpha value is -1.91. The number of hydrogen-bond acceptors (Lipinski definition) is 2. The topological polar surface area (TPSA) is 25.8 Å². The molecule has 0 atom stereocenters. The maximum atomic E-state index is 12.6. The Morgan fingerprint density at radius 1 is 1.05 bits per heavy atom. The molecule has 0 aromatic carbocycles. The molecule has 0 saturated heterocycles. The molecule has 2 aromatic rings. The first-order valence-corrected chi connectivity index (χ1v) is 5.88. The van der Waals surface area contributed by atoms with Gasteiger partial charge >= 0.3 is 6.18 Å². The second-order valence-electron chi connectivity index (χ2n) is 4.53. The second-order valence-corrected chi connectivity index (χ2v) is 4.53. The average molecular weight is 266 g/mol. The maximum Gasteiger partial charge on any atom is 0.433 e. The van der Waals surface area contributed by atoms with Crippen molar-refractivity contribution in [3.05, 3.63) is 47.9 Å². The monoisotopic (exact) mass is 266 g/mol. The normalized spacial score (nSPS) is 11.9. The van der Waals surface area contributed by atoms with Crippen LogP contribution in [-0.4, -0.2) is 9.97 Å². The first kappa shape index (κ1) is 13.5. The molecule has 100 valence electrons. The Labute approximate surface area is 109 Å². The van der Waals surface area contributed by atoms with Crippen molar-refractivity contribution in [2.75, 3.05) is 0 Å². The van der Waals surface area contributed by atoms with Gasteiger partial charge in [-0.05, 0) is 30.2 Å². The Morgan fingerprint density at radius 2 is 1.79 bits per heavy atom. The van der Waals surface area contributed by atoms with Gasteiger partial charge in [0.1, 0.15) is 5.69 Å². The summed E-state index contributed by atoms with van der Waals surface area (Å²) in [6, 6.07) is 7.40. The molecular weight excluding hydrogens is 253 g/mol. The minimum Gasteiger partial charge on any atom is -0.260 e. The zero-order valence-corrected chi connectivity index (χ0v) is 10.6. The molecule has 0 aliphatic rings. The predicted octanol–water partition coefficient (Wildman–Crippen LogP) is 4.29. The molecule has 0 bridgehead atoms. The molecule has 0 spiro atoms. The van der Waals surface area contributed by atoms with Crippen molar-refractivity contribution in [1.82, 2.24) is 9.97 Å². The van der Waals surface area contributed by atoms with E-state index in [9.17, 15) is 13.2 Å². The van der Waals surface area contributed by atoms with Gasteiger partial charge in [-0.25, -0.2) is 4.98 Å². The summed E-state index contributed by atoms with van der Waals surface area (Å²) in [5.41, 5.74) is 0.863. The van der Waals surface area contributed by atoms with Gasteiger partial charge in [-0.15, -0.1) is 0 Å². The van der Waals surface area contributed by atoms with E-state index in [4.69, 9.17) is 0 Å². The third kappa shape index (κ3) is 3.10. The van der Waals surface area contributed by atoms with Crippen LogP contribution in [0.1, 0.15) is 31.2 Å². The lowest BCUT2D eigenvalue weighted by atomic mass is 10.1. The lowest BCUT2D eigenvalue weighted by Crippen LogP contribution is -2.08. The van der Waals surface area contributed by atoms with Crippen LogP contribution < -0.4 is 0 Å². The molecule has 0 unspecified atom stereocenters. The van der Waals surface area contributed by atoms with Crippen LogP contribution in [0.25, 0.3) is 11.3 Å². The summed E-state index contributed by atoms with van der Waals surface area (Å²) in [6.45, 7) is 4.01. The third-order valence-corrected chi connectivity index (χ3v) is 2.71. The van der Waals surface area contributed by atoms with Crippen LogP contribution in [0.4, 0.5) is 13.2 Å². The van der Waals surface area contributed by atoms with Crippen molar-refractivity contribution in [3.63, 3.8) is 0 Å². The van der Waals surface area contributed by atoms with Crippen LogP contribution in [0, 0.1) is 0 Å². The summed E-state index contributed by atoms with van der Waals surface area (Å²) in [4.78, 5) is 7.85. The highest BCUT2D eigenvalue weighted by Crippen LogP contribution is 2.29. The summed E-state index contributed by atoms with van der Waals surface area (Å²) < 4.78 is 37.7. The molecule has 0 radical (unpaired) electrons. The van der Waals surface area contributed by atoms with Gasteiger partial charge in [0.25, 0.3) is 0 Å². The van der Waals surface area contributed by atoms with E-state index in [-0.39, 0.29) is 11.6 Å². The maximum absolute atomic E-state index is 12.6. The highest BCUT2D eigenvalue weighted by molar-refractivity contribution is 5.58. The lowest BCUT2D eigenvalue weighted by molar-refractivity contribution is -0.141. The van der Waals surface area contributed by atoms with E-state index in [1.54, 1.807) is 18.3 Å². The summed E-state index contributed by atoms with van der Waals surface area (Å²) in [7, 11) is 0. The van der Waals surface area contributed by atoms with Crippen molar-refractivity contribution in [2.24, 2.45) is 0 Å². The SMILES string of the molecule is CC(C)c1ccc(-c2cccc(C(F)(F)F)n2)cn1. The first-order valence-electron chi connectivity index (χ1n) is 5.88. The fourth-order valence-corrected chi connectivity index (χ4v) is 1.65. The first-order chi connectivity index (χ1) is 8.88. The molecule has 0 amide bonds. The molecular formula is C14H13F3N2. The molecule has 19 heavy (non-hydrogen) atoms. The van der Waals surface area contributed by atoms with Gasteiger partial charge in [0.15, 0.2) is 0 Å². The number of rotatable bonds is 2. The molecule has 2 aromatic heterocycles. The van der Waals surface area contributed by atoms with E-state index in [0.29, 0.717) is 5.56 Å². The van der Waals surface area contributed by atoms with Crippen LogP contribution in [0.15, 0.2) is 36.5 Å². The Kier molecular flexibility index (Phi) is 3.55. The van der Waals surface area contributed by atoms with E-state index < -0.39 is 11.9 Å². The smallest absolute Gasteiger partial charge is 0.260 e. The fraction of sp³-hybridized carbons (Fsp3) is 0.286. The van der Waals surface area contributed by atoms with Crippen LogP contribution in [0.3, 0.4) is 0 Å². The zero-order chi connectivity index (χ0) is 14.0. The van der Waals surface area contributed by atoms with E-state index in [1.165, 1.54) is 6.07 Å². The number of pyridine rings is 2.